The van der Waals surface area contributed by atoms with E-state index in [-0.39, 0.29) is 5.28 Å². The van der Waals surface area contributed by atoms with E-state index in [1.807, 2.05) is 6.07 Å². The zero-order valence-electron chi connectivity index (χ0n) is 14.0. The fraction of sp³-hybridized carbons (Fsp3) is 0.353. The molecule has 0 saturated carbocycles. The van der Waals surface area contributed by atoms with Gasteiger partial charge in [-0.2, -0.15) is 4.98 Å². The van der Waals surface area contributed by atoms with Crippen molar-refractivity contribution < 1.29 is 4.74 Å². The van der Waals surface area contributed by atoms with Crippen LogP contribution >= 0.6 is 22.9 Å². The van der Waals surface area contributed by atoms with E-state index < -0.39 is 0 Å². The highest BCUT2D eigenvalue weighted by molar-refractivity contribution is 7.16. The van der Waals surface area contributed by atoms with Crippen LogP contribution in [0.25, 0.3) is 10.3 Å². The van der Waals surface area contributed by atoms with Crippen LogP contribution in [0, 0.1) is 0 Å². The van der Waals surface area contributed by atoms with Crippen molar-refractivity contribution in [2.75, 3.05) is 23.9 Å². The van der Waals surface area contributed by atoms with E-state index in [9.17, 15) is 0 Å². The Hall–Kier alpha value is -2.12. The second-order valence-corrected chi connectivity index (χ2v) is 7.25. The minimum absolute atomic E-state index is 0.204. The van der Waals surface area contributed by atoms with Crippen molar-refractivity contribution >= 4 is 50.5 Å². The number of nitrogens with one attached hydrogen (secondary N) is 1. The maximum absolute atomic E-state index is 6.04. The number of hydrogen-bond donors (Lipinski definition) is 1. The molecule has 1 aliphatic heterocycles. The van der Waals surface area contributed by atoms with Crippen LogP contribution in [0.3, 0.4) is 0 Å². The topological polar surface area (TPSA) is 63.2 Å². The molecule has 8 heteroatoms. The number of methoxy groups -OCH3 is 1. The Balaban J connectivity index is 1.73. The van der Waals surface area contributed by atoms with Gasteiger partial charge in [0.25, 0.3) is 0 Å². The molecule has 1 saturated heterocycles. The summed E-state index contributed by atoms with van der Waals surface area (Å²) in [6, 6.07) is 6.65. The van der Waals surface area contributed by atoms with E-state index in [1.54, 1.807) is 12.6 Å². The number of rotatable bonds is 4. The molecule has 1 aromatic carbocycles. The van der Waals surface area contributed by atoms with Crippen molar-refractivity contribution in [2.24, 2.45) is 0 Å². The van der Waals surface area contributed by atoms with Crippen molar-refractivity contribution in [2.45, 2.75) is 25.8 Å². The van der Waals surface area contributed by atoms with Crippen molar-refractivity contribution in [1.29, 1.82) is 0 Å². The van der Waals surface area contributed by atoms with E-state index in [0.717, 1.165) is 28.5 Å². The molecule has 25 heavy (non-hydrogen) atoms. The van der Waals surface area contributed by atoms with Gasteiger partial charge in [-0.1, -0.05) is 0 Å². The first-order chi connectivity index (χ1) is 12.1. The minimum atomic E-state index is 0.204. The fourth-order valence-corrected chi connectivity index (χ4v) is 4.09. The first kappa shape index (κ1) is 16.4. The molecule has 1 aliphatic rings. The van der Waals surface area contributed by atoms with Crippen LogP contribution in [-0.2, 0) is 0 Å². The number of anilines is 3. The zero-order chi connectivity index (χ0) is 17.4. The number of halogens is 1. The number of benzene rings is 1. The van der Waals surface area contributed by atoms with Gasteiger partial charge < -0.3 is 15.0 Å². The third kappa shape index (κ3) is 3.21. The summed E-state index contributed by atoms with van der Waals surface area (Å²) in [5.41, 5.74) is 4.48. The number of aromatic nitrogens is 3. The molecule has 0 amide bonds. The summed E-state index contributed by atoms with van der Waals surface area (Å²) in [4.78, 5) is 16.0. The first-order valence-electron chi connectivity index (χ1n) is 8.13. The number of fused-ring (bicyclic) bond motifs is 1. The number of hydrogen-bond acceptors (Lipinski definition) is 7. The molecule has 3 heterocycles. The lowest BCUT2D eigenvalue weighted by molar-refractivity contribution is 0.415. The van der Waals surface area contributed by atoms with Gasteiger partial charge in [-0.05, 0) is 37.4 Å². The minimum Gasteiger partial charge on any atom is -0.497 e. The van der Waals surface area contributed by atoms with Gasteiger partial charge in [-0.3, -0.25) is 0 Å². The molecule has 1 N–H and O–H groups in total. The Morgan fingerprint density at radius 3 is 2.96 bits per heavy atom. The fourth-order valence-electron chi connectivity index (χ4n) is 3.22. The van der Waals surface area contributed by atoms with Gasteiger partial charge in [0.15, 0.2) is 10.6 Å². The number of thiazole rings is 1. The highest BCUT2D eigenvalue weighted by atomic mass is 35.5. The lowest BCUT2D eigenvalue weighted by Crippen LogP contribution is -2.26. The van der Waals surface area contributed by atoms with Crippen LogP contribution in [0.15, 0.2) is 23.7 Å². The number of nitrogens with zero attached hydrogens (tertiary/aromatic N) is 4. The third-order valence-electron chi connectivity index (χ3n) is 4.45. The van der Waals surface area contributed by atoms with E-state index in [0.29, 0.717) is 17.4 Å². The van der Waals surface area contributed by atoms with Crippen LogP contribution in [0.5, 0.6) is 5.75 Å². The van der Waals surface area contributed by atoms with Crippen LogP contribution in [0.1, 0.15) is 19.8 Å². The summed E-state index contributed by atoms with van der Waals surface area (Å²) in [7, 11) is 1.68. The second kappa shape index (κ2) is 6.65. The normalized spacial score (nSPS) is 17.2. The molecule has 0 bridgehead atoms. The third-order valence-corrected chi connectivity index (χ3v) is 5.33. The molecule has 1 fully saturated rings. The molecule has 1 atom stereocenters. The zero-order valence-corrected chi connectivity index (χ0v) is 15.6. The molecule has 0 spiro atoms. The van der Waals surface area contributed by atoms with E-state index >= 15 is 0 Å². The Kier molecular flexibility index (Phi) is 4.35. The lowest BCUT2D eigenvalue weighted by atomic mass is 10.2. The molecule has 2 aromatic heterocycles. The predicted octanol–water partition coefficient (Wildman–Crippen LogP) is 4.48. The average Bonchev–Trinajstić information content (AvgIpc) is 3.23. The van der Waals surface area contributed by atoms with Gasteiger partial charge in [0, 0.05) is 36.1 Å². The Morgan fingerprint density at radius 1 is 1.32 bits per heavy atom. The quantitative estimate of drug-likeness (QED) is 0.678. The molecule has 3 aromatic rings. The molecule has 6 nitrogen and oxygen atoms in total. The molecule has 0 aliphatic carbocycles. The maximum atomic E-state index is 6.04. The van der Waals surface area contributed by atoms with Gasteiger partial charge in [-0.15, -0.1) is 11.3 Å². The Bertz CT molecular complexity index is 915. The summed E-state index contributed by atoms with van der Waals surface area (Å²) in [6.07, 6.45) is 2.42. The van der Waals surface area contributed by atoms with Crippen molar-refractivity contribution in [3.05, 3.63) is 29.0 Å². The largest absolute Gasteiger partial charge is 0.497 e. The van der Waals surface area contributed by atoms with E-state index in [1.165, 1.54) is 24.2 Å². The van der Waals surface area contributed by atoms with Gasteiger partial charge >= 0.3 is 0 Å². The van der Waals surface area contributed by atoms with Crippen molar-refractivity contribution in [1.82, 2.24) is 15.0 Å². The molecule has 130 valence electrons. The Labute approximate surface area is 154 Å². The van der Waals surface area contributed by atoms with Crippen LogP contribution < -0.4 is 15.0 Å². The summed E-state index contributed by atoms with van der Waals surface area (Å²) >= 11 is 7.48. The smallest absolute Gasteiger partial charge is 0.225 e. The van der Waals surface area contributed by atoms with Crippen LogP contribution in [0.4, 0.5) is 17.2 Å². The molecule has 0 radical (unpaired) electrons. The van der Waals surface area contributed by atoms with Gasteiger partial charge in [0.1, 0.15) is 11.3 Å². The lowest BCUT2D eigenvalue weighted by Gasteiger charge is -2.25. The molecule has 1 unspecified atom stereocenters. The Morgan fingerprint density at radius 2 is 2.20 bits per heavy atom. The number of ether oxygens (including phenoxy) is 1. The van der Waals surface area contributed by atoms with Gasteiger partial charge in [-0.25, -0.2) is 9.97 Å². The highest BCUT2D eigenvalue weighted by Gasteiger charge is 2.21. The maximum Gasteiger partial charge on any atom is 0.225 e. The standard InChI is InChI=1S/C17H18ClN5OS/c1-10-4-3-5-23(10)12-6-11(7-13(8-12)24-2)20-15-14-16(25-9-19-14)22-17(18)21-15/h6-10H,3-5H2,1-2H3,(H,20,21,22). The van der Waals surface area contributed by atoms with E-state index in [4.69, 9.17) is 16.3 Å². The summed E-state index contributed by atoms with van der Waals surface area (Å²) < 4.78 is 5.49. The monoisotopic (exact) mass is 375 g/mol. The summed E-state index contributed by atoms with van der Waals surface area (Å²) in [6.45, 7) is 3.31. The van der Waals surface area contributed by atoms with Crippen molar-refractivity contribution in [3.63, 3.8) is 0 Å². The average molecular weight is 376 g/mol. The predicted molar refractivity (Wildman–Crippen MR) is 103 cm³/mol. The summed E-state index contributed by atoms with van der Waals surface area (Å²) in [5, 5.41) is 3.53. The molecular formula is C17H18ClN5OS. The van der Waals surface area contributed by atoms with Crippen LogP contribution in [0.2, 0.25) is 5.28 Å². The van der Waals surface area contributed by atoms with Crippen molar-refractivity contribution in [3.8, 4) is 5.75 Å². The second-order valence-electron chi connectivity index (χ2n) is 6.08. The summed E-state index contributed by atoms with van der Waals surface area (Å²) in [5.74, 6) is 1.40. The van der Waals surface area contributed by atoms with Crippen LogP contribution in [-0.4, -0.2) is 34.6 Å². The highest BCUT2D eigenvalue weighted by Crippen LogP contribution is 2.34. The molecule has 4 rings (SSSR count). The van der Waals surface area contributed by atoms with Gasteiger partial charge in [0.05, 0.1) is 12.6 Å². The van der Waals surface area contributed by atoms with Gasteiger partial charge in [0.2, 0.25) is 5.28 Å². The van der Waals surface area contributed by atoms with E-state index in [2.05, 4.69) is 44.2 Å². The SMILES string of the molecule is COc1cc(Nc2nc(Cl)nc3scnc23)cc(N2CCCC2C)c1. The molecular weight excluding hydrogens is 358 g/mol. The first-order valence-corrected chi connectivity index (χ1v) is 9.39.